The normalized spacial score (nSPS) is 14.9. The third-order valence-corrected chi connectivity index (χ3v) is 6.26. The van der Waals surface area contributed by atoms with E-state index in [2.05, 4.69) is 53.5 Å². The predicted octanol–water partition coefficient (Wildman–Crippen LogP) is 3.33. The number of amides is 1. The molecule has 3 rings (SSSR count). The van der Waals surface area contributed by atoms with E-state index in [4.69, 9.17) is 0 Å². The summed E-state index contributed by atoms with van der Waals surface area (Å²) in [7, 11) is 0. The zero-order valence-electron chi connectivity index (χ0n) is 19.9. The molecule has 0 radical (unpaired) electrons. The summed E-state index contributed by atoms with van der Waals surface area (Å²) < 4.78 is 15.8. The lowest BCUT2D eigenvalue weighted by molar-refractivity contribution is 0.0931. The molecule has 1 aliphatic rings. The van der Waals surface area contributed by atoms with Crippen LogP contribution in [0.1, 0.15) is 48.9 Å². The van der Waals surface area contributed by atoms with Crippen molar-refractivity contribution < 1.29 is 9.18 Å². The highest BCUT2D eigenvalue weighted by Crippen LogP contribution is 2.34. The maximum Gasteiger partial charge on any atom is 0.266 e. The molecule has 1 amide bonds. The number of hydrogen-bond donors (Lipinski definition) is 2. The first-order chi connectivity index (χ1) is 16.3. The average Bonchev–Trinajstić information content (AvgIpc) is 2.82. The smallest absolute Gasteiger partial charge is 0.266 e. The quantitative estimate of drug-likeness (QED) is 0.479. The van der Waals surface area contributed by atoms with Gasteiger partial charge in [0, 0.05) is 56.6 Å². The average molecular weight is 532 g/mol. The van der Waals surface area contributed by atoms with E-state index < -0.39 is 11.7 Å². The Morgan fingerprint density at radius 3 is 2.62 bits per heavy atom. The molecule has 1 aromatic heterocycles. The van der Waals surface area contributed by atoms with E-state index in [1.807, 2.05) is 19.9 Å². The molecule has 0 aliphatic carbocycles. The van der Waals surface area contributed by atoms with Gasteiger partial charge < -0.3 is 4.90 Å². The minimum Gasteiger partial charge on any atom is -0.301 e. The van der Waals surface area contributed by atoms with E-state index in [9.17, 15) is 10.1 Å². The molecule has 8 nitrogen and oxygen atoms in total. The lowest BCUT2D eigenvalue weighted by Gasteiger charge is -2.35. The SMILES string of the molecule is CCCN1CCN(Cc2c(F)ccc(C(=O)NNCC(C)C)c2-c2nc(C#N)ncc2Br)CC1. The molecule has 0 atom stereocenters. The lowest BCUT2D eigenvalue weighted by Crippen LogP contribution is -2.46. The largest absolute Gasteiger partial charge is 0.301 e. The van der Waals surface area contributed by atoms with Crippen LogP contribution < -0.4 is 10.9 Å². The molecular formula is C24H31BrFN7O. The first-order valence-electron chi connectivity index (χ1n) is 11.6. The van der Waals surface area contributed by atoms with E-state index in [0.29, 0.717) is 40.3 Å². The number of benzene rings is 1. The highest BCUT2D eigenvalue weighted by Gasteiger charge is 2.26. The summed E-state index contributed by atoms with van der Waals surface area (Å²) in [5, 5.41) is 9.33. The van der Waals surface area contributed by atoms with E-state index in [0.717, 1.165) is 39.1 Å². The van der Waals surface area contributed by atoms with Gasteiger partial charge in [0.25, 0.3) is 5.91 Å². The van der Waals surface area contributed by atoms with Crippen LogP contribution in [0.2, 0.25) is 0 Å². The monoisotopic (exact) mass is 531 g/mol. The Bertz CT molecular complexity index is 1050. The fourth-order valence-electron chi connectivity index (χ4n) is 3.95. The minimum absolute atomic E-state index is 0.0501. The molecule has 2 N–H and O–H groups in total. The summed E-state index contributed by atoms with van der Waals surface area (Å²) >= 11 is 3.44. The van der Waals surface area contributed by atoms with Crippen molar-refractivity contribution in [3.05, 3.63) is 45.6 Å². The van der Waals surface area contributed by atoms with Crippen LogP contribution >= 0.6 is 15.9 Å². The highest BCUT2D eigenvalue weighted by atomic mass is 79.9. The third kappa shape index (κ3) is 6.57. The molecule has 34 heavy (non-hydrogen) atoms. The van der Waals surface area contributed by atoms with Crippen molar-refractivity contribution in [2.75, 3.05) is 39.3 Å². The Balaban J connectivity index is 2.01. The second-order valence-corrected chi connectivity index (χ2v) is 9.65. The van der Waals surface area contributed by atoms with Crippen LogP contribution in [0.5, 0.6) is 0 Å². The molecule has 10 heteroatoms. The Morgan fingerprint density at radius 2 is 1.97 bits per heavy atom. The summed E-state index contributed by atoms with van der Waals surface area (Å²) in [6.45, 7) is 11.6. The number of nitriles is 1. The van der Waals surface area contributed by atoms with Crippen LogP contribution in [0.25, 0.3) is 11.3 Å². The van der Waals surface area contributed by atoms with Gasteiger partial charge in [-0.2, -0.15) is 5.26 Å². The van der Waals surface area contributed by atoms with Crippen molar-refractivity contribution in [2.24, 2.45) is 5.92 Å². The van der Waals surface area contributed by atoms with Crippen LogP contribution in [0, 0.1) is 23.1 Å². The topological polar surface area (TPSA) is 97.2 Å². The van der Waals surface area contributed by atoms with Crippen LogP contribution in [-0.4, -0.2) is 64.9 Å². The number of rotatable bonds is 9. The van der Waals surface area contributed by atoms with Gasteiger partial charge in [-0.1, -0.05) is 20.8 Å². The number of hydrazine groups is 1. The van der Waals surface area contributed by atoms with Crippen molar-refractivity contribution in [2.45, 2.75) is 33.7 Å². The third-order valence-electron chi connectivity index (χ3n) is 5.68. The standard InChI is InChI=1S/C24H31BrFN7O/c1-4-7-32-8-10-33(11-9-32)15-18-20(26)6-5-17(24(34)31-29-13-16(2)3)22(18)23-19(25)14-28-21(12-27)30-23/h5-6,14,16,29H,4,7-11,13,15H2,1-3H3,(H,31,34). The first-order valence-corrected chi connectivity index (χ1v) is 12.4. The van der Waals surface area contributed by atoms with Gasteiger partial charge in [-0.3, -0.25) is 15.1 Å². The molecule has 0 unspecified atom stereocenters. The van der Waals surface area contributed by atoms with Gasteiger partial charge in [0.05, 0.1) is 15.7 Å². The van der Waals surface area contributed by atoms with E-state index in [-0.39, 0.29) is 11.4 Å². The zero-order valence-corrected chi connectivity index (χ0v) is 21.5. The number of carbonyl (C=O) groups is 1. The zero-order chi connectivity index (χ0) is 24.7. The summed E-state index contributed by atoms with van der Waals surface area (Å²) in [6.07, 6.45) is 2.56. The number of nitrogens with zero attached hydrogens (tertiary/aromatic N) is 5. The van der Waals surface area contributed by atoms with Crippen molar-refractivity contribution in [1.29, 1.82) is 5.26 Å². The van der Waals surface area contributed by atoms with Crippen molar-refractivity contribution in [1.82, 2.24) is 30.6 Å². The van der Waals surface area contributed by atoms with Gasteiger partial charge in [-0.15, -0.1) is 0 Å². The number of halogens is 2. The van der Waals surface area contributed by atoms with Crippen LogP contribution in [-0.2, 0) is 6.54 Å². The minimum atomic E-state index is -0.415. The summed E-state index contributed by atoms with van der Waals surface area (Å²) in [4.78, 5) is 26.0. The summed E-state index contributed by atoms with van der Waals surface area (Å²) in [5.41, 5.74) is 6.97. The number of piperazine rings is 1. The lowest BCUT2D eigenvalue weighted by atomic mass is 9.96. The van der Waals surface area contributed by atoms with Crippen LogP contribution in [0.3, 0.4) is 0 Å². The van der Waals surface area contributed by atoms with Gasteiger partial charge in [0.1, 0.15) is 11.9 Å². The van der Waals surface area contributed by atoms with Crippen LogP contribution in [0.15, 0.2) is 22.8 Å². The number of nitrogens with one attached hydrogen (secondary N) is 2. The Morgan fingerprint density at radius 1 is 1.26 bits per heavy atom. The molecule has 2 heterocycles. The summed E-state index contributed by atoms with van der Waals surface area (Å²) in [6, 6.07) is 4.71. The second-order valence-electron chi connectivity index (χ2n) is 8.80. The summed E-state index contributed by atoms with van der Waals surface area (Å²) in [5.74, 6) is -0.523. The van der Waals surface area contributed by atoms with Gasteiger partial charge in [0.2, 0.25) is 5.82 Å². The number of aromatic nitrogens is 2. The highest BCUT2D eigenvalue weighted by molar-refractivity contribution is 9.10. The maximum absolute atomic E-state index is 15.3. The van der Waals surface area contributed by atoms with Crippen LogP contribution in [0.4, 0.5) is 4.39 Å². The van der Waals surface area contributed by atoms with Crippen molar-refractivity contribution >= 4 is 21.8 Å². The van der Waals surface area contributed by atoms with Gasteiger partial charge >= 0.3 is 0 Å². The Labute approximate surface area is 208 Å². The molecule has 0 bridgehead atoms. The first kappa shape index (κ1) is 26.2. The maximum atomic E-state index is 15.3. The molecule has 1 fully saturated rings. The van der Waals surface area contributed by atoms with E-state index >= 15 is 4.39 Å². The predicted molar refractivity (Wildman–Crippen MR) is 132 cm³/mol. The van der Waals surface area contributed by atoms with Gasteiger partial charge in [-0.25, -0.2) is 19.8 Å². The van der Waals surface area contributed by atoms with E-state index in [1.165, 1.54) is 18.3 Å². The molecule has 1 saturated heterocycles. The molecule has 182 valence electrons. The molecule has 2 aromatic rings. The second kappa shape index (κ2) is 12.3. The van der Waals surface area contributed by atoms with Gasteiger partial charge in [-0.05, 0) is 46.9 Å². The van der Waals surface area contributed by atoms with Crippen molar-refractivity contribution in [3.63, 3.8) is 0 Å². The number of carbonyl (C=O) groups excluding carboxylic acids is 1. The number of hydrogen-bond acceptors (Lipinski definition) is 7. The fraction of sp³-hybridized carbons (Fsp3) is 0.500. The molecular weight excluding hydrogens is 501 g/mol. The van der Waals surface area contributed by atoms with E-state index in [1.54, 1.807) is 0 Å². The Hall–Kier alpha value is -2.45. The molecule has 1 aromatic carbocycles. The Kier molecular flexibility index (Phi) is 9.47. The molecule has 0 saturated carbocycles. The fourth-order valence-corrected chi connectivity index (χ4v) is 4.34. The van der Waals surface area contributed by atoms with Crippen molar-refractivity contribution in [3.8, 4) is 17.3 Å². The molecule has 0 spiro atoms. The molecule has 1 aliphatic heterocycles. The van der Waals surface area contributed by atoms with Gasteiger partial charge in [0.15, 0.2) is 0 Å².